The molecule has 1 heterocycles. The quantitative estimate of drug-likeness (QED) is 0.391. The number of pyridine rings is 1. The van der Waals surface area contributed by atoms with Gasteiger partial charge in [-0.2, -0.15) is 0 Å². The number of benzene rings is 2. The van der Waals surface area contributed by atoms with Crippen LogP contribution in [0.3, 0.4) is 0 Å². The Balaban J connectivity index is 1.40. The molecule has 1 saturated carbocycles. The molecule has 1 aliphatic rings. The first kappa shape index (κ1) is 25.6. The molecular weight excluding hydrogens is 460 g/mol. The predicted octanol–water partition coefficient (Wildman–Crippen LogP) is 4.13. The number of anilines is 1. The van der Waals surface area contributed by atoms with Crippen LogP contribution in [0, 0.1) is 5.92 Å². The van der Waals surface area contributed by atoms with Crippen LogP contribution in [0.1, 0.15) is 44.2 Å². The van der Waals surface area contributed by atoms with Gasteiger partial charge >= 0.3 is 0 Å². The van der Waals surface area contributed by atoms with Crippen molar-refractivity contribution in [3.05, 3.63) is 65.7 Å². The van der Waals surface area contributed by atoms with Crippen molar-refractivity contribution in [1.82, 2.24) is 14.6 Å². The van der Waals surface area contributed by atoms with Crippen molar-refractivity contribution in [3.63, 3.8) is 0 Å². The number of nitrogens with zero attached hydrogens (tertiary/aromatic N) is 2. The summed E-state index contributed by atoms with van der Waals surface area (Å²) in [5.41, 5.74) is 2.80. The fraction of sp³-hybridized carbons (Fsp3) is 0.444. The molecule has 0 bridgehead atoms. The first-order valence-corrected chi connectivity index (χ1v) is 13.8. The van der Waals surface area contributed by atoms with E-state index in [0.717, 1.165) is 53.7 Å². The minimum absolute atomic E-state index is 0.220. The summed E-state index contributed by atoms with van der Waals surface area (Å²) in [5, 5.41) is 14.1. The number of aliphatic hydroxyl groups is 1. The highest BCUT2D eigenvalue weighted by atomic mass is 32.2. The number of sulfonamides is 1. The average molecular weight is 497 g/mol. The summed E-state index contributed by atoms with van der Waals surface area (Å²) in [6, 6.07) is 17.2. The molecule has 2 unspecified atom stereocenters. The van der Waals surface area contributed by atoms with Gasteiger partial charge in [-0.25, -0.2) is 18.1 Å². The average Bonchev–Trinajstić information content (AvgIpc) is 3.25. The third-order valence-electron chi connectivity index (χ3n) is 6.91. The highest BCUT2D eigenvalue weighted by molar-refractivity contribution is 7.89. The van der Waals surface area contributed by atoms with E-state index in [1.807, 2.05) is 30.3 Å². The number of aliphatic hydroxyl groups excluding tert-OH is 1. The van der Waals surface area contributed by atoms with Gasteiger partial charge in [0, 0.05) is 37.0 Å². The Morgan fingerprint density at radius 1 is 1.09 bits per heavy atom. The number of fused-ring (bicyclic) bond motifs is 1. The Kier molecular flexibility index (Phi) is 8.06. The predicted molar refractivity (Wildman–Crippen MR) is 141 cm³/mol. The summed E-state index contributed by atoms with van der Waals surface area (Å²) >= 11 is 0. The lowest BCUT2D eigenvalue weighted by atomic mass is 10.1. The van der Waals surface area contributed by atoms with Gasteiger partial charge in [0.25, 0.3) is 0 Å². The second-order valence-electron chi connectivity index (χ2n) is 9.84. The largest absolute Gasteiger partial charge is 0.393 e. The van der Waals surface area contributed by atoms with Gasteiger partial charge in [-0.1, -0.05) is 30.7 Å². The van der Waals surface area contributed by atoms with E-state index in [1.165, 1.54) is 0 Å². The van der Waals surface area contributed by atoms with Crippen LogP contribution >= 0.6 is 0 Å². The maximum absolute atomic E-state index is 13.0. The van der Waals surface area contributed by atoms with Gasteiger partial charge in [-0.05, 0) is 75.2 Å². The molecule has 2 atom stereocenters. The van der Waals surface area contributed by atoms with Crippen molar-refractivity contribution >= 4 is 26.7 Å². The van der Waals surface area contributed by atoms with Gasteiger partial charge in [-0.15, -0.1) is 0 Å². The molecule has 1 aromatic heterocycles. The molecule has 0 spiro atoms. The smallest absolute Gasteiger partial charge is 0.240 e. The molecular formula is C27H36N4O3S. The lowest BCUT2D eigenvalue weighted by Gasteiger charge is -2.21. The van der Waals surface area contributed by atoms with Gasteiger partial charge < -0.3 is 10.4 Å². The lowest BCUT2D eigenvalue weighted by Crippen LogP contribution is -2.26. The fourth-order valence-corrected chi connectivity index (χ4v) is 5.48. The monoisotopic (exact) mass is 496 g/mol. The SMILES string of the molecule is CC(C)N(C)Cc1cccc(CNS(=O)(=O)c2ccc3nc(NCC4CCCC4O)ccc3c2)c1. The Bertz CT molecular complexity index is 1260. The van der Waals surface area contributed by atoms with Crippen molar-refractivity contribution in [1.29, 1.82) is 0 Å². The summed E-state index contributed by atoms with van der Waals surface area (Å²) < 4.78 is 28.7. The van der Waals surface area contributed by atoms with Crippen molar-refractivity contribution < 1.29 is 13.5 Å². The normalized spacial score (nSPS) is 18.6. The number of hydrogen-bond acceptors (Lipinski definition) is 6. The Morgan fingerprint density at radius 3 is 2.63 bits per heavy atom. The summed E-state index contributed by atoms with van der Waals surface area (Å²) in [6.07, 6.45) is 2.70. The minimum Gasteiger partial charge on any atom is -0.393 e. The minimum atomic E-state index is -3.67. The van der Waals surface area contributed by atoms with E-state index < -0.39 is 10.0 Å². The summed E-state index contributed by atoms with van der Waals surface area (Å²) in [4.78, 5) is 7.07. The van der Waals surface area contributed by atoms with Gasteiger partial charge in [0.05, 0.1) is 16.5 Å². The fourth-order valence-electron chi connectivity index (χ4n) is 4.43. The Morgan fingerprint density at radius 2 is 1.89 bits per heavy atom. The molecule has 2 aromatic carbocycles. The highest BCUT2D eigenvalue weighted by Crippen LogP contribution is 2.26. The van der Waals surface area contributed by atoms with E-state index in [0.29, 0.717) is 12.6 Å². The molecule has 0 aliphatic heterocycles. The van der Waals surface area contributed by atoms with Crippen molar-refractivity contribution in [3.8, 4) is 0 Å². The topological polar surface area (TPSA) is 94.6 Å². The van der Waals surface area contributed by atoms with Crippen molar-refractivity contribution in [2.75, 3.05) is 18.9 Å². The van der Waals surface area contributed by atoms with Crippen LogP contribution in [0.4, 0.5) is 5.82 Å². The molecule has 4 rings (SSSR count). The van der Waals surface area contributed by atoms with E-state index in [1.54, 1.807) is 18.2 Å². The number of hydrogen-bond donors (Lipinski definition) is 3. The molecule has 1 aliphatic carbocycles. The molecule has 35 heavy (non-hydrogen) atoms. The number of aromatic nitrogens is 1. The Hall–Kier alpha value is -2.52. The molecule has 1 fully saturated rings. The van der Waals surface area contributed by atoms with Crippen LogP contribution in [-0.4, -0.2) is 49.1 Å². The molecule has 188 valence electrons. The molecule has 3 N–H and O–H groups in total. The van der Waals surface area contributed by atoms with Gasteiger partial charge in [0.15, 0.2) is 0 Å². The zero-order chi connectivity index (χ0) is 25.0. The molecule has 0 saturated heterocycles. The van der Waals surface area contributed by atoms with E-state index in [9.17, 15) is 13.5 Å². The van der Waals surface area contributed by atoms with E-state index in [4.69, 9.17) is 0 Å². The molecule has 0 radical (unpaired) electrons. The highest BCUT2D eigenvalue weighted by Gasteiger charge is 2.24. The van der Waals surface area contributed by atoms with Crippen LogP contribution in [0.5, 0.6) is 0 Å². The van der Waals surface area contributed by atoms with Gasteiger partial charge in [0.1, 0.15) is 5.82 Å². The maximum Gasteiger partial charge on any atom is 0.240 e. The Labute approximate surface area is 208 Å². The first-order chi connectivity index (χ1) is 16.7. The van der Waals surface area contributed by atoms with E-state index >= 15 is 0 Å². The zero-order valence-electron chi connectivity index (χ0n) is 20.7. The molecule has 7 nitrogen and oxygen atoms in total. The van der Waals surface area contributed by atoms with Crippen LogP contribution < -0.4 is 10.0 Å². The number of rotatable bonds is 10. The molecule has 3 aromatic rings. The van der Waals surface area contributed by atoms with Crippen molar-refractivity contribution in [2.24, 2.45) is 5.92 Å². The number of nitrogens with one attached hydrogen (secondary N) is 2. The van der Waals surface area contributed by atoms with E-state index in [-0.39, 0.29) is 23.5 Å². The third-order valence-corrected chi connectivity index (χ3v) is 8.31. The summed E-state index contributed by atoms with van der Waals surface area (Å²) in [7, 11) is -1.59. The van der Waals surface area contributed by atoms with E-state index in [2.05, 4.69) is 46.9 Å². The maximum atomic E-state index is 13.0. The van der Waals surface area contributed by atoms with Crippen LogP contribution in [0.2, 0.25) is 0 Å². The van der Waals surface area contributed by atoms with Gasteiger partial charge in [0.2, 0.25) is 10.0 Å². The second kappa shape index (κ2) is 11.0. The third kappa shape index (κ3) is 6.58. The summed E-state index contributed by atoms with van der Waals surface area (Å²) in [5.74, 6) is 0.983. The van der Waals surface area contributed by atoms with Crippen LogP contribution in [0.25, 0.3) is 10.9 Å². The summed E-state index contributed by atoms with van der Waals surface area (Å²) in [6.45, 7) is 6.03. The zero-order valence-corrected chi connectivity index (χ0v) is 21.6. The standard InChI is InChI=1S/C27H36N4O3S/c1-19(2)31(3)18-21-7-4-6-20(14-21)16-29-35(33,34)24-11-12-25-22(15-24)10-13-27(30-25)28-17-23-8-5-9-26(23)32/h4,6-7,10-15,19,23,26,29,32H,5,8-9,16-18H2,1-3H3,(H,28,30). The first-order valence-electron chi connectivity index (χ1n) is 12.3. The second-order valence-corrected chi connectivity index (χ2v) is 11.6. The van der Waals surface area contributed by atoms with Crippen molar-refractivity contribution in [2.45, 2.75) is 63.2 Å². The molecule has 0 amide bonds. The van der Waals surface area contributed by atoms with Gasteiger partial charge in [-0.3, -0.25) is 4.90 Å². The van der Waals surface area contributed by atoms with Crippen LogP contribution in [0.15, 0.2) is 59.5 Å². The van der Waals surface area contributed by atoms with Crippen LogP contribution in [-0.2, 0) is 23.1 Å². The lowest BCUT2D eigenvalue weighted by molar-refractivity contribution is 0.138. The molecule has 8 heteroatoms.